The first-order valence-electron chi connectivity index (χ1n) is 8.30. The molecule has 6 heteroatoms. The first-order valence-corrected chi connectivity index (χ1v) is 8.30. The molecule has 1 aromatic carbocycles. The van der Waals surface area contributed by atoms with Crippen LogP contribution in [0.5, 0.6) is 0 Å². The van der Waals surface area contributed by atoms with E-state index in [2.05, 4.69) is 29.9 Å². The van der Waals surface area contributed by atoms with Gasteiger partial charge in [-0.2, -0.15) is 0 Å². The molecule has 0 radical (unpaired) electrons. The van der Waals surface area contributed by atoms with E-state index in [9.17, 15) is 9.90 Å². The highest BCUT2D eigenvalue weighted by Crippen LogP contribution is 2.26. The van der Waals surface area contributed by atoms with Crippen LogP contribution in [0.4, 0.5) is 0 Å². The molecule has 1 aliphatic rings. The lowest BCUT2D eigenvalue weighted by Gasteiger charge is -2.22. The summed E-state index contributed by atoms with van der Waals surface area (Å²) < 4.78 is 1.74. The Morgan fingerprint density at radius 1 is 1.32 bits per heavy atom. The maximum Gasteiger partial charge on any atom is 0.248 e. The minimum absolute atomic E-state index is 0.0627. The van der Waals surface area contributed by atoms with Crippen molar-refractivity contribution in [3.05, 3.63) is 59.2 Å². The van der Waals surface area contributed by atoms with E-state index in [1.807, 2.05) is 18.2 Å². The molecule has 0 unspecified atom stereocenters. The first kappa shape index (κ1) is 17.1. The Bertz CT molecular complexity index is 864. The van der Waals surface area contributed by atoms with Crippen LogP contribution in [0.1, 0.15) is 29.3 Å². The molecule has 1 aliphatic heterocycles. The van der Waals surface area contributed by atoms with E-state index in [0.29, 0.717) is 11.5 Å². The summed E-state index contributed by atoms with van der Waals surface area (Å²) in [4.78, 5) is 22.6. The highest BCUT2D eigenvalue weighted by molar-refractivity contribution is 6.05. The fraction of sp³-hybridized carbons (Fsp3) is 0.316. The third kappa shape index (κ3) is 3.25. The molecule has 3 rings (SSSR count). The van der Waals surface area contributed by atoms with E-state index in [0.717, 1.165) is 17.7 Å². The van der Waals surface area contributed by atoms with E-state index in [1.54, 1.807) is 29.0 Å². The second-order valence-electron chi connectivity index (χ2n) is 6.04. The zero-order valence-corrected chi connectivity index (χ0v) is 14.7. The summed E-state index contributed by atoms with van der Waals surface area (Å²) in [5.74, 6) is 0.566. The third-order valence-corrected chi connectivity index (χ3v) is 4.48. The topological polar surface area (TPSA) is 70.7 Å². The van der Waals surface area contributed by atoms with Gasteiger partial charge in [0.1, 0.15) is 18.7 Å². The van der Waals surface area contributed by atoms with Crippen molar-refractivity contribution < 1.29 is 9.90 Å². The van der Waals surface area contributed by atoms with Crippen LogP contribution >= 0.6 is 0 Å². The Balaban J connectivity index is 2.13. The number of allylic oxidation sites excluding steroid dienone is 1. The smallest absolute Gasteiger partial charge is 0.248 e. The zero-order chi connectivity index (χ0) is 18.0. The van der Waals surface area contributed by atoms with Crippen molar-refractivity contribution in [2.75, 3.05) is 13.6 Å². The molecule has 1 N–H and O–H groups in total. The van der Waals surface area contributed by atoms with Crippen LogP contribution in [0.3, 0.4) is 0 Å². The number of hydrogen-bond donors (Lipinski definition) is 1. The Labute approximate surface area is 147 Å². The van der Waals surface area contributed by atoms with E-state index in [4.69, 9.17) is 0 Å². The Morgan fingerprint density at radius 2 is 2.12 bits per heavy atom. The number of amides is 1. The summed E-state index contributed by atoms with van der Waals surface area (Å²) >= 11 is 0. The lowest BCUT2D eigenvalue weighted by molar-refractivity contribution is -0.125. The number of hydrogen-bond acceptors (Lipinski definition) is 4. The number of aliphatic hydroxyl groups excluding tert-OH is 1. The Hall–Kier alpha value is -2.73. The summed E-state index contributed by atoms with van der Waals surface area (Å²) in [6.07, 6.45) is 6.11. The standard InChI is InChI=1S/C19H22N4O2/c1-4-15-13(2)6-5-7-16(15)17-8-18(20-9-19(25)22(17)3)23-10-14(11-24)21-12-23/h5-8,10,12,24H,4,9,11H2,1-3H3. The second kappa shape index (κ2) is 7.03. The first-order chi connectivity index (χ1) is 12.0. The number of aryl methyl sites for hydroxylation is 1. The molecule has 2 aromatic rings. The molecule has 2 heterocycles. The number of rotatable bonds is 3. The number of aliphatic imine (C=N–C) groups is 1. The van der Waals surface area contributed by atoms with Crippen molar-refractivity contribution in [3.8, 4) is 0 Å². The molecule has 6 nitrogen and oxygen atoms in total. The average molecular weight is 338 g/mol. The van der Waals surface area contributed by atoms with Gasteiger partial charge in [-0.3, -0.25) is 14.4 Å². The number of benzene rings is 1. The van der Waals surface area contributed by atoms with Gasteiger partial charge in [0.05, 0.1) is 18.0 Å². The molecule has 25 heavy (non-hydrogen) atoms. The molecule has 0 fully saturated rings. The van der Waals surface area contributed by atoms with Crippen molar-refractivity contribution >= 4 is 17.4 Å². The van der Waals surface area contributed by atoms with E-state index in [-0.39, 0.29) is 19.1 Å². The van der Waals surface area contributed by atoms with E-state index >= 15 is 0 Å². The quantitative estimate of drug-likeness (QED) is 0.930. The molecule has 0 saturated carbocycles. The van der Waals surface area contributed by atoms with Crippen LogP contribution < -0.4 is 0 Å². The summed E-state index contributed by atoms with van der Waals surface area (Å²) in [7, 11) is 1.78. The normalized spacial score (nSPS) is 15.0. The molecule has 1 amide bonds. The Kier molecular flexibility index (Phi) is 4.81. The van der Waals surface area contributed by atoms with Gasteiger partial charge in [0.25, 0.3) is 0 Å². The van der Waals surface area contributed by atoms with Crippen LogP contribution in [0.25, 0.3) is 5.70 Å². The Morgan fingerprint density at radius 3 is 2.80 bits per heavy atom. The lowest BCUT2D eigenvalue weighted by atomic mass is 9.96. The second-order valence-corrected chi connectivity index (χ2v) is 6.04. The molecule has 0 bridgehead atoms. The predicted octanol–water partition coefficient (Wildman–Crippen LogP) is 2.01. The fourth-order valence-electron chi connectivity index (χ4n) is 3.05. The van der Waals surface area contributed by atoms with Gasteiger partial charge in [0, 0.05) is 24.9 Å². The van der Waals surface area contributed by atoms with Crippen molar-refractivity contribution in [1.82, 2.24) is 14.5 Å². The maximum atomic E-state index is 12.4. The van der Waals surface area contributed by atoms with E-state index in [1.165, 1.54) is 11.1 Å². The number of carbonyl (C=O) groups is 1. The molecule has 0 aliphatic carbocycles. The van der Waals surface area contributed by atoms with Crippen molar-refractivity contribution in [3.63, 3.8) is 0 Å². The lowest BCUT2D eigenvalue weighted by Crippen LogP contribution is -2.26. The SMILES string of the molecule is CCc1c(C)cccc1C1=CC(n2cnc(CO)c2)=NCC(=O)N1C. The zero-order valence-electron chi connectivity index (χ0n) is 14.7. The summed E-state index contributed by atoms with van der Waals surface area (Å²) in [6.45, 7) is 4.14. The largest absolute Gasteiger partial charge is 0.390 e. The van der Waals surface area contributed by atoms with Crippen LogP contribution in [0, 0.1) is 6.92 Å². The molecule has 0 atom stereocenters. The van der Waals surface area contributed by atoms with Gasteiger partial charge >= 0.3 is 0 Å². The molecule has 0 saturated heterocycles. The summed E-state index contributed by atoms with van der Waals surface area (Å²) in [5, 5.41) is 9.22. The van der Waals surface area contributed by atoms with Gasteiger partial charge in [-0.15, -0.1) is 0 Å². The molecule has 1 aromatic heterocycles. The molecule has 130 valence electrons. The monoisotopic (exact) mass is 338 g/mol. The summed E-state index contributed by atoms with van der Waals surface area (Å²) in [6, 6.07) is 6.13. The minimum atomic E-state index is -0.131. The number of likely N-dealkylation sites (N-methyl/N-ethyl adjacent to an activating group) is 1. The van der Waals surface area contributed by atoms with E-state index < -0.39 is 0 Å². The highest BCUT2D eigenvalue weighted by Gasteiger charge is 2.22. The predicted molar refractivity (Wildman–Crippen MR) is 97.2 cm³/mol. The van der Waals surface area contributed by atoms with Gasteiger partial charge < -0.3 is 10.0 Å². The van der Waals surface area contributed by atoms with Gasteiger partial charge in [0.2, 0.25) is 5.91 Å². The van der Waals surface area contributed by atoms with Gasteiger partial charge in [-0.1, -0.05) is 25.1 Å². The van der Waals surface area contributed by atoms with Crippen LogP contribution in [-0.2, 0) is 17.8 Å². The van der Waals surface area contributed by atoms with Gasteiger partial charge in [0.15, 0.2) is 0 Å². The van der Waals surface area contributed by atoms with Crippen LogP contribution in [-0.4, -0.2) is 44.9 Å². The average Bonchev–Trinajstić information content (AvgIpc) is 3.04. The maximum absolute atomic E-state index is 12.4. The third-order valence-electron chi connectivity index (χ3n) is 4.48. The highest BCUT2D eigenvalue weighted by atomic mass is 16.3. The number of aromatic nitrogens is 2. The van der Waals surface area contributed by atoms with Crippen LogP contribution in [0.2, 0.25) is 0 Å². The number of nitrogens with zero attached hydrogens (tertiary/aromatic N) is 4. The van der Waals surface area contributed by atoms with Crippen molar-refractivity contribution in [2.24, 2.45) is 4.99 Å². The fourth-order valence-corrected chi connectivity index (χ4v) is 3.05. The molecular formula is C19H22N4O2. The minimum Gasteiger partial charge on any atom is -0.390 e. The van der Waals surface area contributed by atoms with Gasteiger partial charge in [-0.25, -0.2) is 4.98 Å². The number of imidazole rings is 1. The number of aliphatic hydroxyl groups is 1. The van der Waals surface area contributed by atoms with Crippen molar-refractivity contribution in [1.29, 1.82) is 0 Å². The van der Waals surface area contributed by atoms with Crippen LogP contribution in [0.15, 0.2) is 41.8 Å². The number of carbonyl (C=O) groups excluding carboxylic acids is 1. The molecular weight excluding hydrogens is 316 g/mol. The van der Waals surface area contributed by atoms with Crippen molar-refractivity contribution in [2.45, 2.75) is 26.9 Å². The summed E-state index contributed by atoms with van der Waals surface area (Å²) in [5.41, 5.74) is 4.84. The van der Waals surface area contributed by atoms with Gasteiger partial charge in [-0.05, 0) is 24.5 Å². The molecule has 0 spiro atoms.